The van der Waals surface area contributed by atoms with E-state index in [0.29, 0.717) is 0 Å². The van der Waals surface area contributed by atoms with Crippen LogP contribution in [0.1, 0.15) is 0 Å². The number of fused-ring (bicyclic) bond motifs is 8. The lowest BCUT2D eigenvalue weighted by Crippen LogP contribution is -2.15. The van der Waals surface area contributed by atoms with Crippen LogP contribution in [-0.4, -0.2) is 0 Å². The number of rotatable bonds is 2. The summed E-state index contributed by atoms with van der Waals surface area (Å²) >= 11 is 0. The van der Waals surface area contributed by atoms with E-state index in [1.807, 2.05) is 24.3 Å². The monoisotopic (exact) mass is 509 g/mol. The van der Waals surface area contributed by atoms with Crippen LogP contribution in [0.3, 0.4) is 0 Å². The molecule has 2 nitrogen and oxygen atoms in total. The first-order valence-corrected chi connectivity index (χ1v) is 13.7. The number of hydrogen-bond acceptors (Lipinski definition) is 2. The molecule has 0 unspecified atom stereocenters. The maximum Gasteiger partial charge on any atom is 0.151 e. The second-order valence-electron chi connectivity index (χ2n) is 10.6. The van der Waals surface area contributed by atoms with Crippen molar-refractivity contribution in [2.24, 2.45) is 0 Å². The zero-order valence-corrected chi connectivity index (χ0v) is 21.6. The lowest BCUT2D eigenvalue weighted by Gasteiger charge is -2.33. The van der Waals surface area contributed by atoms with E-state index in [-0.39, 0.29) is 0 Å². The normalized spacial score (nSPS) is 12.7. The molecular formula is C38H23NO. The van der Waals surface area contributed by atoms with E-state index in [9.17, 15) is 0 Å². The van der Waals surface area contributed by atoms with Gasteiger partial charge in [0.25, 0.3) is 0 Å². The van der Waals surface area contributed by atoms with E-state index in [1.54, 1.807) is 0 Å². The molecule has 2 heteroatoms. The van der Waals surface area contributed by atoms with Crippen LogP contribution in [-0.2, 0) is 0 Å². The van der Waals surface area contributed by atoms with Crippen molar-refractivity contribution >= 4 is 38.6 Å². The summed E-state index contributed by atoms with van der Waals surface area (Å²) in [4.78, 5) is 2.31. The van der Waals surface area contributed by atoms with E-state index < -0.39 is 0 Å². The summed E-state index contributed by atoms with van der Waals surface area (Å²) in [7, 11) is 0. The Kier molecular flexibility index (Phi) is 4.36. The third kappa shape index (κ3) is 3.11. The molecule has 0 bridgehead atoms. The number of ether oxygens (including phenoxy) is 1. The number of anilines is 3. The molecule has 2 aliphatic rings. The van der Waals surface area contributed by atoms with E-state index in [0.717, 1.165) is 28.6 Å². The molecule has 0 amide bonds. The van der Waals surface area contributed by atoms with E-state index in [2.05, 4.69) is 120 Å². The standard InChI is InChI=1S/C38H23NO/c1-2-8-24(9-3-1)25-14-15-26-20-31-32-21-27-16-17-30(19-29(27)23-34(32)33(31)22-28(26)18-25)39-35-10-4-6-12-37(35)40-38-13-7-5-11-36(38)39/h1-23H. The zero-order chi connectivity index (χ0) is 26.2. The van der Waals surface area contributed by atoms with Crippen LogP contribution in [0.25, 0.3) is 54.9 Å². The molecule has 0 saturated carbocycles. The number of benzene rings is 7. The molecule has 7 aromatic carbocycles. The highest BCUT2D eigenvalue weighted by Gasteiger charge is 2.27. The van der Waals surface area contributed by atoms with Crippen LogP contribution in [0.2, 0.25) is 0 Å². The van der Waals surface area contributed by atoms with Crippen LogP contribution >= 0.6 is 0 Å². The van der Waals surface area contributed by atoms with E-state index in [1.165, 1.54) is 54.9 Å². The van der Waals surface area contributed by atoms with Crippen molar-refractivity contribution < 1.29 is 4.74 Å². The summed E-state index contributed by atoms with van der Waals surface area (Å²) in [6, 6.07) is 50.1. The molecule has 0 atom stereocenters. The van der Waals surface area contributed by atoms with Gasteiger partial charge in [0.15, 0.2) is 11.5 Å². The second kappa shape index (κ2) is 8.08. The molecule has 1 aliphatic carbocycles. The fourth-order valence-electron chi connectivity index (χ4n) is 6.34. The Balaban J connectivity index is 1.16. The van der Waals surface area contributed by atoms with Crippen LogP contribution in [0.5, 0.6) is 11.5 Å². The molecule has 1 heterocycles. The van der Waals surface area contributed by atoms with Crippen molar-refractivity contribution in [2.45, 2.75) is 0 Å². The Morgan fingerprint density at radius 3 is 1.55 bits per heavy atom. The van der Waals surface area contributed by atoms with E-state index in [4.69, 9.17) is 4.74 Å². The van der Waals surface area contributed by atoms with Gasteiger partial charge in [0.05, 0.1) is 11.4 Å². The Hall–Kier alpha value is -5.34. The summed E-state index contributed by atoms with van der Waals surface area (Å²) in [6.07, 6.45) is 0. The smallest absolute Gasteiger partial charge is 0.151 e. The van der Waals surface area contributed by atoms with Gasteiger partial charge in [-0.25, -0.2) is 0 Å². The topological polar surface area (TPSA) is 12.5 Å². The number of para-hydroxylation sites is 4. The van der Waals surface area contributed by atoms with Gasteiger partial charge in [0.2, 0.25) is 0 Å². The highest BCUT2D eigenvalue weighted by atomic mass is 16.5. The van der Waals surface area contributed by atoms with Crippen molar-refractivity contribution in [3.63, 3.8) is 0 Å². The van der Waals surface area contributed by atoms with Gasteiger partial charge < -0.3 is 9.64 Å². The molecule has 7 aromatic rings. The third-order valence-electron chi connectivity index (χ3n) is 8.31. The van der Waals surface area contributed by atoms with Gasteiger partial charge in [-0.2, -0.15) is 0 Å². The van der Waals surface area contributed by atoms with Gasteiger partial charge in [-0.3, -0.25) is 0 Å². The highest BCUT2D eigenvalue weighted by Crippen LogP contribution is 2.53. The van der Waals surface area contributed by atoms with Gasteiger partial charge in [-0.05, 0) is 122 Å². The first-order valence-electron chi connectivity index (χ1n) is 13.7. The average molecular weight is 510 g/mol. The third-order valence-corrected chi connectivity index (χ3v) is 8.31. The quantitative estimate of drug-likeness (QED) is 0.230. The Morgan fingerprint density at radius 1 is 0.375 bits per heavy atom. The lowest BCUT2D eigenvalue weighted by atomic mass is 9.77. The SMILES string of the molecule is c1ccc(-c2ccc3cc4c(cc3c2)-c2cc3cc(N5c6ccccc6Oc6ccccc65)ccc3cc2-4)cc1. The van der Waals surface area contributed by atoms with E-state index >= 15 is 0 Å². The van der Waals surface area contributed by atoms with Crippen LogP contribution in [0, 0.1) is 0 Å². The molecule has 0 radical (unpaired) electrons. The molecule has 1 aliphatic heterocycles. The summed E-state index contributed by atoms with van der Waals surface area (Å²) in [5.41, 5.74) is 11.1. The van der Waals surface area contributed by atoms with Crippen molar-refractivity contribution in [1.29, 1.82) is 0 Å². The Morgan fingerprint density at radius 2 is 0.900 bits per heavy atom. The lowest BCUT2D eigenvalue weighted by molar-refractivity contribution is 0.477. The minimum absolute atomic E-state index is 0.870. The van der Waals surface area contributed by atoms with Crippen molar-refractivity contribution in [3.05, 3.63) is 140 Å². The van der Waals surface area contributed by atoms with Crippen LogP contribution in [0.15, 0.2) is 140 Å². The Labute approximate surface area is 232 Å². The minimum atomic E-state index is 0.870. The molecule has 186 valence electrons. The minimum Gasteiger partial charge on any atom is -0.453 e. The van der Waals surface area contributed by atoms with Gasteiger partial charge in [0.1, 0.15) is 0 Å². The summed E-state index contributed by atoms with van der Waals surface area (Å²) < 4.78 is 6.23. The molecule has 40 heavy (non-hydrogen) atoms. The predicted molar refractivity (Wildman–Crippen MR) is 166 cm³/mol. The summed E-state index contributed by atoms with van der Waals surface area (Å²) in [6.45, 7) is 0. The molecule has 0 aromatic heterocycles. The number of hydrogen-bond donors (Lipinski definition) is 0. The van der Waals surface area contributed by atoms with Gasteiger partial charge in [-0.1, -0.05) is 72.8 Å². The predicted octanol–water partition coefficient (Wildman–Crippen LogP) is 10.9. The zero-order valence-electron chi connectivity index (χ0n) is 21.6. The van der Waals surface area contributed by atoms with Crippen LogP contribution < -0.4 is 9.64 Å². The maximum atomic E-state index is 6.23. The first kappa shape index (κ1) is 21.6. The molecule has 0 saturated heterocycles. The largest absolute Gasteiger partial charge is 0.453 e. The van der Waals surface area contributed by atoms with Gasteiger partial charge in [0, 0.05) is 5.69 Å². The van der Waals surface area contributed by atoms with Crippen LogP contribution in [0.4, 0.5) is 17.1 Å². The molecular weight excluding hydrogens is 486 g/mol. The van der Waals surface area contributed by atoms with Crippen molar-refractivity contribution in [1.82, 2.24) is 0 Å². The van der Waals surface area contributed by atoms with Crippen molar-refractivity contribution in [3.8, 4) is 44.9 Å². The fourth-order valence-corrected chi connectivity index (χ4v) is 6.34. The molecule has 0 spiro atoms. The van der Waals surface area contributed by atoms with Gasteiger partial charge in [-0.15, -0.1) is 0 Å². The maximum absolute atomic E-state index is 6.23. The van der Waals surface area contributed by atoms with Gasteiger partial charge >= 0.3 is 0 Å². The average Bonchev–Trinajstić information content (AvgIpc) is 3.02. The van der Waals surface area contributed by atoms with Crippen molar-refractivity contribution in [2.75, 3.05) is 4.90 Å². The number of nitrogens with zero attached hydrogens (tertiary/aromatic N) is 1. The molecule has 0 fully saturated rings. The molecule has 9 rings (SSSR count). The molecule has 0 N–H and O–H groups in total. The summed E-state index contributed by atoms with van der Waals surface area (Å²) in [5.74, 6) is 1.74. The first-order chi connectivity index (χ1) is 19.8. The summed E-state index contributed by atoms with van der Waals surface area (Å²) in [5, 5.41) is 5.05. The highest BCUT2D eigenvalue weighted by molar-refractivity contribution is 6.12. The fraction of sp³-hybridized carbons (Fsp3) is 0. The Bertz CT molecular complexity index is 2100. The second-order valence-corrected chi connectivity index (χ2v) is 10.6.